The standard InChI is InChI=1S/C11H13BrFIN2/c12-9-4-10(13)7(3-11(9)14)5-16-2-1-8(15)6-16/h3-4,8H,1-2,5-6,15H2/t8-/m1/s1. The predicted molar refractivity (Wildman–Crippen MR) is 74.7 cm³/mol. The molecule has 88 valence electrons. The smallest absolute Gasteiger partial charge is 0.128 e. The van der Waals surface area contributed by atoms with Crippen LogP contribution in [0.5, 0.6) is 0 Å². The van der Waals surface area contributed by atoms with Crippen molar-refractivity contribution in [3.63, 3.8) is 0 Å². The van der Waals surface area contributed by atoms with Crippen molar-refractivity contribution in [1.82, 2.24) is 4.90 Å². The quantitative estimate of drug-likeness (QED) is 0.613. The molecule has 0 spiro atoms. The van der Waals surface area contributed by atoms with Gasteiger partial charge in [-0.25, -0.2) is 4.39 Å². The zero-order chi connectivity index (χ0) is 11.7. The van der Waals surface area contributed by atoms with Crippen molar-refractivity contribution in [2.45, 2.75) is 19.0 Å². The summed E-state index contributed by atoms with van der Waals surface area (Å²) in [6.45, 7) is 2.49. The van der Waals surface area contributed by atoms with E-state index in [0.29, 0.717) is 6.54 Å². The van der Waals surface area contributed by atoms with Gasteiger partial charge in [0.2, 0.25) is 0 Å². The van der Waals surface area contributed by atoms with Gasteiger partial charge >= 0.3 is 0 Å². The van der Waals surface area contributed by atoms with Crippen LogP contribution in [0, 0.1) is 9.39 Å². The van der Waals surface area contributed by atoms with Crippen LogP contribution in [-0.4, -0.2) is 24.0 Å². The molecule has 0 aliphatic carbocycles. The lowest BCUT2D eigenvalue weighted by molar-refractivity contribution is 0.321. The first kappa shape index (κ1) is 12.7. The van der Waals surface area contributed by atoms with Crippen molar-refractivity contribution < 1.29 is 4.39 Å². The van der Waals surface area contributed by atoms with Crippen molar-refractivity contribution in [2.75, 3.05) is 13.1 Å². The average molecular weight is 399 g/mol. The summed E-state index contributed by atoms with van der Waals surface area (Å²) in [6, 6.07) is 3.68. The monoisotopic (exact) mass is 398 g/mol. The predicted octanol–water partition coefficient (Wildman–Crippen LogP) is 2.73. The fraction of sp³-hybridized carbons (Fsp3) is 0.455. The molecular formula is C11H13BrFIN2. The van der Waals surface area contributed by atoms with Crippen LogP contribution < -0.4 is 5.73 Å². The first-order valence-corrected chi connectivity index (χ1v) is 7.05. The maximum atomic E-state index is 13.7. The normalized spacial score (nSPS) is 21.6. The van der Waals surface area contributed by atoms with Crippen LogP contribution in [-0.2, 0) is 6.54 Å². The zero-order valence-electron chi connectivity index (χ0n) is 8.72. The molecule has 0 bridgehead atoms. The Hall–Kier alpha value is 0.280. The molecule has 1 saturated heterocycles. The zero-order valence-corrected chi connectivity index (χ0v) is 12.5. The van der Waals surface area contributed by atoms with Crippen LogP contribution in [0.25, 0.3) is 0 Å². The summed E-state index contributed by atoms with van der Waals surface area (Å²) < 4.78 is 15.5. The number of hydrogen-bond acceptors (Lipinski definition) is 2. The maximum absolute atomic E-state index is 13.7. The van der Waals surface area contributed by atoms with Gasteiger partial charge in [0.05, 0.1) is 0 Å². The van der Waals surface area contributed by atoms with Gasteiger partial charge in [0, 0.05) is 39.3 Å². The van der Waals surface area contributed by atoms with Gasteiger partial charge < -0.3 is 5.73 Å². The van der Waals surface area contributed by atoms with E-state index in [0.717, 1.165) is 33.1 Å². The fourth-order valence-electron chi connectivity index (χ4n) is 1.93. The van der Waals surface area contributed by atoms with Gasteiger partial charge in [-0.15, -0.1) is 0 Å². The summed E-state index contributed by atoms with van der Waals surface area (Å²) in [4.78, 5) is 2.20. The lowest BCUT2D eigenvalue weighted by Crippen LogP contribution is -2.26. The summed E-state index contributed by atoms with van der Waals surface area (Å²) in [5.74, 6) is -0.146. The van der Waals surface area contributed by atoms with Gasteiger partial charge in [-0.2, -0.15) is 0 Å². The highest BCUT2D eigenvalue weighted by atomic mass is 127. The van der Waals surface area contributed by atoms with Gasteiger partial charge in [-0.3, -0.25) is 4.90 Å². The Labute approximate surface area is 117 Å². The van der Waals surface area contributed by atoms with Gasteiger partial charge in [0.1, 0.15) is 5.82 Å². The topological polar surface area (TPSA) is 29.3 Å². The Morgan fingerprint density at radius 2 is 2.31 bits per heavy atom. The molecule has 1 aromatic carbocycles. The summed E-state index contributed by atoms with van der Waals surface area (Å²) in [7, 11) is 0. The third kappa shape index (κ3) is 2.94. The van der Waals surface area contributed by atoms with E-state index in [1.807, 2.05) is 6.07 Å². The van der Waals surface area contributed by atoms with Gasteiger partial charge in [-0.1, -0.05) is 0 Å². The number of rotatable bonds is 2. The number of nitrogens with two attached hydrogens (primary N) is 1. The molecule has 1 heterocycles. The molecule has 0 aromatic heterocycles. The summed E-state index contributed by atoms with van der Waals surface area (Å²) in [5.41, 5.74) is 6.58. The SMILES string of the molecule is N[C@@H]1CCN(Cc2cc(I)c(Br)cc2F)C1. The number of benzene rings is 1. The fourth-order valence-corrected chi connectivity index (χ4v) is 2.78. The van der Waals surface area contributed by atoms with E-state index in [2.05, 4.69) is 43.4 Å². The molecule has 0 unspecified atom stereocenters. The first-order chi connectivity index (χ1) is 7.56. The molecular weight excluding hydrogens is 386 g/mol. The first-order valence-electron chi connectivity index (χ1n) is 5.17. The molecule has 1 aliphatic heterocycles. The van der Waals surface area contributed by atoms with Crippen molar-refractivity contribution in [1.29, 1.82) is 0 Å². The molecule has 1 fully saturated rings. The molecule has 0 amide bonds. The number of likely N-dealkylation sites (tertiary alicyclic amines) is 1. The highest BCUT2D eigenvalue weighted by molar-refractivity contribution is 14.1. The molecule has 0 saturated carbocycles. The lowest BCUT2D eigenvalue weighted by Gasteiger charge is -2.16. The third-order valence-electron chi connectivity index (χ3n) is 2.79. The highest BCUT2D eigenvalue weighted by Crippen LogP contribution is 2.24. The van der Waals surface area contributed by atoms with E-state index >= 15 is 0 Å². The van der Waals surface area contributed by atoms with Gasteiger partial charge in [0.25, 0.3) is 0 Å². The van der Waals surface area contributed by atoms with E-state index in [1.54, 1.807) is 0 Å². The molecule has 2 N–H and O–H groups in total. The van der Waals surface area contributed by atoms with Crippen molar-refractivity contribution in [3.05, 3.63) is 31.6 Å². The van der Waals surface area contributed by atoms with E-state index in [9.17, 15) is 4.39 Å². The summed E-state index contributed by atoms with van der Waals surface area (Å²) in [6.07, 6.45) is 1.01. The molecule has 16 heavy (non-hydrogen) atoms. The van der Waals surface area contributed by atoms with Gasteiger partial charge in [-0.05, 0) is 57.1 Å². The van der Waals surface area contributed by atoms with E-state index in [4.69, 9.17) is 5.73 Å². The van der Waals surface area contributed by atoms with Crippen LogP contribution in [0.2, 0.25) is 0 Å². The Morgan fingerprint density at radius 3 is 2.94 bits per heavy atom. The van der Waals surface area contributed by atoms with Crippen LogP contribution in [0.15, 0.2) is 16.6 Å². The Bertz CT molecular complexity index is 400. The molecule has 2 nitrogen and oxygen atoms in total. The van der Waals surface area contributed by atoms with Crippen LogP contribution in [0.4, 0.5) is 4.39 Å². The number of nitrogens with zero attached hydrogens (tertiary/aromatic N) is 1. The maximum Gasteiger partial charge on any atom is 0.128 e. The van der Waals surface area contributed by atoms with Crippen molar-refractivity contribution >= 4 is 38.5 Å². The minimum Gasteiger partial charge on any atom is -0.326 e. The second-order valence-electron chi connectivity index (χ2n) is 4.14. The van der Waals surface area contributed by atoms with E-state index in [1.165, 1.54) is 6.07 Å². The van der Waals surface area contributed by atoms with Crippen molar-refractivity contribution in [3.8, 4) is 0 Å². The number of hydrogen-bond donors (Lipinski definition) is 1. The molecule has 5 heteroatoms. The average Bonchev–Trinajstić information content (AvgIpc) is 2.60. The van der Waals surface area contributed by atoms with Crippen LogP contribution >= 0.6 is 38.5 Å². The van der Waals surface area contributed by atoms with Gasteiger partial charge in [0.15, 0.2) is 0 Å². The van der Waals surface area contributed by atoms with Crippen LogP contribution in [0.3, 0.4) is 0 Å². The largest absolute Gasteiger partial charge is 0.326 e. The second-order valence-corrected chi connectivity index (χ2v) is 6.16. The lowest BCUT2D eigenvalue weighted by atomic mass is 10.2. The summed E-state index contributed by atoms with van der Waals surface area (Å²) >= 11 is 5.52. The van der Waals surface area contributed by atoms with E-state index in [-0.39, 0.29) is 11.9 Å². The molecule has 1 aliphatic rings. The Morgan fingerprint density at radius 1 is 1.56 bits per heavy atom. The molecule has 0 radical (unpaired) electrons. The minimum atomic E-state index is -0.146. The van der Waals surface area contributed by atoms with Crippen LogP contribution in [0.1, 0.15) is 12.0 Å². The molecule has 1 aromatic rings. The third-order valence-corrected chi connectivity index (χ3v) is 5.08. The molecule has 1 atom stereocenters. The second kappa shape index (κ2) is 5.29. The Kier molecular flexibility index (Phi) is 4.21. The van der Waals surface area contributed by atoms with E-state index < -0.39 is 0 Å². The molecule has 2 rings (SSSR count). The highest BCUT2D eigenvalue weighted by Gasteiger charge is 2.20. The Balaban J connectivity index is 2.12. The summed E-state index contributed by atoms with van der Waals surface area (Å²) in [5, 5.41) is 0. The van der Waals surface area contributed by atoms with Crippen molar-refractivity contribution in [2.24, 2.45) is 5.73 Å². The number of halogens is 3. The minimum absolute atomic E-state index is 0.146.